The van der Waals surface area contributed by atoms with E-state index in [2.05, 4.69) is 48.0 Å². The van der Waals surface area contributed by atoms with Gasteiger partial charge in [-0.15, -0.1) is 0 Å². The lowest BCUT2D eigenvalue weighted by atomic mass is 10.1. The molecular weight excluding hydrogens is 803 g/mol. The monoisotopic (exact) mass is 895 g/mol. The molecule has 12 heteroatoms. The highest BCUT2D eigenvalue weighted by Gasteiger charge is 2.38. The Morgan fingerprint density at radius 1 is 0.355 bits per heavy atom. The zero-order valence-corrected chi connectivity index (χ0v) is 39.6. The van der Waals surface area contributed by atoms with Crippen LogP contribution in [0.1, 0.15) is 219 Å². The number of nitrogens with one attached hydrogen (secondary N) is 2. The molecule has 0 aromatic heterocycles. The Labute approximate surface area is 375 Å². The molecule has 366 valence electrons. The van der Waals surface area contributed by atoms with Crippen molar-refractivity contribution < 1.29 is 35.9 Å². The summed E-state index contributed by atoms with van der Waals surface area (Å²) < 4.78 is 76.1. The van der Waals surface area contributed by atoms with Gasteiger partial charge >= 0.3 is 24.2 Å². The van der Waals surface area contributed by atoms with Crippen molar-refractivity contribution in [3.8, 4) is 0 Å². The lowest BCUT2D eigenvalue weighted by Gasteiger charge is -2.25. The van der Waals surface area contributed by atoms with Crippen LogP contribution in [-0.4, -0.2) is 86.3 Å². The summed E-state index contributed by atoms with van der Waals surface area (Å²) in [6.07, 6.45) is 36.5. The molecule has 2 N–H and O–H groups in total. The second kappa shape index (κ2) is 42.8. The van der Waals surface area contributed by atoms with Crippen LogP contribution in [0.4, 0.5) is 26.3 Å². The quantitative estimate of drug-likeness (QED) is 0.0363. The normalized spacial score (nSPS) is 12.5. The summed E-state index contributed by atoms with van der Waals surface area (Å²) in [5.74, 6) is -3.81. The van der Waals surface area contributed by atoms with E-state index in [1.807, 2.05) is 10.6 Å². The van der Waals surface area contributed by atoms with E-state index in [4.69, 9.17) is 0 Å². The number of halogens is 6. The number of nitrogens with zero attached hydrogens (tertiary/aromatic N) is 2. The van der Waals surface area contributed by atoms with Crippen molar-refractivity contribution in [1.82, 2.24) is 20.4 Å². The van der Waals surface area contributed by atoms with Gasteiger partial charge in [0.05, 0.1) is 0 Å². The van der Waals surface area contributed by atoms with E-state index >= 15 is 0 Å². The zero-order valence-electron chi connectivity index (χ0n) is 39.6. The molecule has 2 amide bonds. The predicted octanol–water partition coefficient (Wildman–Crippen LogP) is 14.6. The van der Waals surface area contributed by atoms with E-state index in [0.29, 0.717) is 25.9 Å². The third kappa shape index (κ3) is 41.9. The molecule has 0 heterocycles. The van der Waals surface area contributed by atoms with E-state index in [9.17, 15) is 35.9 Å². The molecule has 0 aliphatic carbocycles. The average molecular weight is 895 g/mol. The molecule has 62 heavy (non-hydrogen) atoms. The Morgan fingerprint density at radius 2 is 0.581 bits per heavy atom. The zero-order chi connectivity index (χ0) is 45.8. The van der Waals surface area contributed by atoms with E-state index in [1.54, 1.807) is 0 Å². The number of unbranched alkanes of at least 4 members (excludes halogenated alkanes) is 25. The van der Waals surface area contributed by atoms with Gasteiger partial charge in [-0.2, -0.15) is 26.3 Å². The molecule has 0 bridgehead atoms. The molecule has 0 unspecified atom stereocenters. The van der Waals surface area contributed by atoms with Crippen molar-refractivity contribution in [2.24, 2.45) is 0 Å². The van der Waals surface area contributed by atoms with Gasteiger partial charge < -0.3 is 20.4 Å². The topological polar surface area (TPSA) is 64.7 Å². The van der Waals surface area contributed by atoms with Gasteiger partial charge in [-0.05, 0) is 129 Å². The molecule has 6 nitrogen and oxygen atoms in total. The maximum Gasteiger partial charge on any atom is 0.471 e. The maximum atomic E-state index is 12.7. The minimum Gasteiger partial charge on any atom is -0.348 e. The molecular formula is C50H92F6N4O2. The van der Waals surface area contributed by atoms with Crippen LogP contribution < -0.4 is 10.6 Å². The van der Waals surface area contributed by atoms with Crippen LogP contribution in [-0.2, 0) is 9.59 Å². The number of hydrogen-bond acceptors (Lipinski definition) is 4. The molecule has 0 radical (unpaired) electrons. The minimum absolute atomic E-state index is 0.0305. The number of alkyl halides is 6. The van der Waals surface area contributed by atoms with Gasteiger partial charge in [0, 0.05) is 13.1 Å². The number of carbonyl (C=O) groups is 2. The van der Waals surface area contributed by atoms with Crippen molar-refractivity contribution in [3.05, 3.63) is 24.3 Å². The first kappa shape index (κ1) is 59.9. The second-order valence-electron chi connectivity index (χ2n) is 17.5. The highest BCUT2D eigenvalue weighted by Crippen LogP contribution is 2.16. The predicted molar refractivity (Wildman–Crippen MR) is 248 cm³/mol. The second-order valence-corrected chi connectivity index (χ2v) is 17.5. The summed E-state index contributed by atoms with van der Waals surface area (Å²) >= 11 is 0. The molecule has 0 rings (SSSR count). The molecule has 0 fully saturated rings. The van der Waals surface area contributed by atoms with Gasteiger partial charge in [0.2, 0.25) is 0 Å². The van der Waals surface area contributed by atoms with E-state index in [0.717, 1.165) is 90.4 Å². The number of rotatable bonds is 45. The van der Waals surface area contributed by atoms with Crippen LogP contribution in [0.25, 0.3) is 0 Å². The van der Waals surface area contributed by atoms with E-state index in [-0.39, 0.29) is 13.1 Å². The van der Waals surface area contributed by atoms with Gasteiger partial charge in [-0.25, -0.2) is 0 Å². The minimum atomic E-state index is -4.89. The summed E-state index contributed by atoms with van der Waals surface area (Å²) in [6.45, 7) is 8.92. The van der Waals surface area contributed by atoms with Gasteiger partial charge in [-0.1, -0.05) is 154 Å². The number of allylic oxidation sites excluding steroid dienone is 4. The highest BCUT2D eigenvalue weighted by atomic mass is 19.4. The van der Waals surface area contributed by atoms with Crippen LogP contribution in [0.5, 0.6) is 0 Å². The largest absolute Gasteiger partial charge is 0.471 e. The maximum absolute atomic E-state index is 12.7. The van der Waals surface area contributed by atoms with Crippen LogP contribution in [0.2, 0.25) is 0 Å². The Balaban J connectivity index is 4.68. The first-order valence-corrected chi connectivity index (χ1v) is 25.4. The third-order valence-electron chi connectivity index (χ3n) is 11.6. The lowest BCUT2D eigenvalue weighted by molar-refractivity contribution is -0.173. The highest BCUT2D eigenvalue weighted by molar-refractivity contribution is 5.81. The SMILES string of the molecule is CCCCCCCCC=CCCCCCCCCN(CCCCN(CCCCCCCCC=CCCCCCCCC)CCCNC(=O)C(F)(F)F)CCCNC(=O)C(F)(F)F. The van der Waals surface area contributed by atoms with Gasteiger partial charge in [0.1, 0.15) is 0 Å². The van der Waals surface area contributed by atoms with Crippen molar-refractivity contribution in [3.63, 3.8) is 0 Å². The van der Waals surface area contributed by atoms with E-state index in [1.165, 1.54) is 128 Å². The van der Waals surface area contributed by atoms with Crippen LogP contribution in [0.3, 0.4) is 0 Å². The van der Waals surface area contributed by atoms with E-state index < -0.39 is 24.2 Å². The third-order valence-corrected chi connectivity index (χ3v) is 11.6. The van der Waals surface area contributed by atoms with Gasteiger partial charge in [-0.3, -0.25) is 9.59 Å². The molecule has 0 aliphatic rings. The Kier molecular flexibility index (Phi) is 41.4. The summed E-state index contributed by atoms with van der Waals surface area (Å²) in [6, 6.07) is 0. The lowest BCUT2D eigenvalue weighted by Crippen LogP contribution is -2.38. The van der Waals surface area contributed by atoms with Crippen LogP contribution in [0.15, 0.2) is 24.3 Å². The smallest absolute Gasteiger partial charge is 0.348 e. The fourth-order valence-electron chi connectivity index (χ4n) is 7.72. The molecule has 0 aromatic rings. The summed E-state index contributed by atoms with van der Waals surface area (Å²) in [5, 5.41) is 3.97. The van der Waals surface area contributed by atoms with Crippen LogP contribution >= 0.6 is 0 Å². The number of carbonyl (C=O) groups excluding carboxylic acids is 2. The van der Waals surface area contributed by atoms with Crippen LogP contribution in [0, 0.1) is 0 Å². The Morgan fingerprint density at radius 3 is 0.855 bits per heavy atom. The Bertz CT molecular complexity index is 987. The molecule has 0 atom stereocenters. The molecule has 0 saturated heterocycles. The van der Waals surface area contributed by atoms with Crippen molar-refractivity contribution in [1.29, 1.82) is 0 Å². The van der Waals surface area contributed by atoms with Crippen molar-refractivity contribution in [2.75, 3.05) is 52.4 Å². The van der Waals surface area contributed by atoms with Gasteiger partial charge in [0.25, 0.3) is 0 Å². The molecule has 0 aromatic carbocycles. The number of amides is 2. The molecule has 0 spiro atoms. The number of hydrogen-bond donors (Lipinski definition) is 2. The summed E-state index contributed by atoms with van der Waals surface area (Å²) in [4.78, 5) is 27.2. The van der Waals surface area contributed by atoms with Crippen molar-refractivity contribution in [2.45, 2.75) is 232 Å². The average Bonchev–Trinajstić information content (AvgIpc) is 3.23. The fraction of sp³-hybridized carbons (Fsp3) is 0.880. The fourth-order valence-corrected chi connectivity index (χ4v) is 7.72. The first-order valence-electron chi connectivity index (χ1n) is 25.4. The van der Waals surface area contributed by atoms with Gasteiger partial charge in [0.15, 0.2) is 0 Å². The molecule has 0 saturated carbocycles. The standard InChI is InChI=1S/C50H92F6N4O2/c1-3-5-7-9-11-13-15-17-19-21-23-25-27-29-31-33-41-59(45-37-39-57-47(61)49(51,52)53)43-35-36-44-60(46-38-40-58-48(62)50(54,55)56)42-34-32-30-28-26-24-22-20-18-16-14-12-10-8-6-4-2/h17-20H,3-16,21-46H2,1-2H3,(H,57,61)(H,58,62). The molecule has 0 aliphatic heterocycles. The Hall–Kier alpha value is -2.08. The van der Waals surface area contributed by atoms with Crippen molar-refractivity contribution >= 4 is 11.8 Å². The summed E-state index contributed by atoms with van der Waals surface area (Å²) in [7, 11) is 0. The first-order chi connectivity index (χ1) is 29.9. The summed E-state index contributed by atoms with van der Waals surface area (Å²) in [5.41, 5.74) is 0.